The number of carbonyl (C=O) groups is 2. The van der Waals surface area contributed by atoms with Gasteiger partial charge in [0.15, 0.2) is 0 Å². The number of benzene rings is 3. The van der Waals surface area contributed by atoms with E-state index in [2.05, 4.69) is 71.7 Å². The second-order valence-electron chi connectivity index (χ2n) is 11.8. The Balaban J connectivity index is 1.48. The number of aryl methyl sites for hydroxylation is 1. The lowest BCUT2D eigenvalue weighted by Gasteiger charge is -2.42. The van der Waals surface area contributed by atoms with Crippen molar-refractivity contribution in [1.82, 2.24) is 10.2 Å². The molecule has 0 saturated heterocycles. The van der Waals surface area contributed by atoms with E-state index < -0.39 is 12.0 Å². The SMILES string of the molecule is CSCCC(NC(=O)c1ccc(CN(C2CC2)C2(Cc3ccccc3)CCCC2)cc1-c1ccccc1C)C(=O)O. The molecule has 1 unspecified atom stereocenters. The number of nitrogens with one attached hydrogen (secondary N) is 1. The molecule has 1 atom stereocenters. The molecule has 2 fully saturated rings. The average Bonchev–Trinajstić information content (AvgIpc) is 3.71. The smallest absolute Gasteiger partial charge is 0.326 e. The van der Waals surface area contributed by atoms with Crippen LogP contribution in [0.5, 0.6) is 0 Å². The first-order valence-corrected chi connectivity index (χ1v) is 16.3. The molecule has 1 amide bonds. The van der Waals surface area contributed by atoms with Gasteiger partial charge in [-0.25, -0.2) is 4.79 Å². The third-order valence-corrected chi connectivity index (χ3v) is 9.48. The first kappa shape index (κ1) is 29.4. The van der Waals surface area contributed by atoms with Gasteiger partial charge in [-0.1, -0.05) is 73.5 Å². The van der Waals surface area contributed by atoms with Crippen LogP contribution in [0.15, 0.2) is 72.8 Å². The topological polar surface area (TPSA) is 69.6 Å². The highest BCUT2D eigenvalue weighted by Crippen LogP contribution is 2.45. The highest BCUT2D eigenvalue weighted by molar-refractivity contribution is 7.98. The maximum atomic E-state index is 13.6. The molecular formula is C35H42N2O3S. The molecule has 5 rings (SSSR count). The number of carbonyl (C=O) groups excluding carboxylic acids is 1. The summed E-state index contributed by atoms with van der Waals surface area (Å²) in [5.74, 6) is -0.664. The summed E-state index contributed by atoms with van der Waals surface area (Å²) in [5.41, 5.74) is 6.25. The van der Waals surface area contributed by atoms with Gasteiger partial charge in [0.1, 0.15) is 6.04 Å². The van der Waals surface area contributed by atoms with Crippen LogP contribution < -0.4 is 5.32 Å². The lowest BCUT2D eigenvalue weighted by molar-refractivity contribution is -0.139. The maximum absolute atomic E-state index is 13.6. The molecular weight excluding hydrogens is 528 g/mol. The lowest BCUT2D eigenvalue weighted by atomic mass is 9.86. The molecule has 5 nitrogen and oxygen atoms in total. The number of carboxylic acid groups (broad SMARTS) is 1. The van der Waals surface area contributed by atoms with Gasteiger partial charge in [-0.2, -0.15) is 11.8 Å². The van der Waals surface area contributed by atoms with E-state index in [0.717, 1.165) is 29.7 Å². The number of thioether (sulfide) groups is 1. The Labute approximate surface area is 248 Å². The minimum Gasteiger partial charge on any atom is -0.480 e. The summed E-state index contributed by atoms with van der Waals surface area (Å²) in [4.78, 5) is 28.2. The molecule has 2 aliphatic carbocycles. The number of aliphatic carboxylic acids is 1. The average molecular weight is 571 g/mol. The molecule has 0 radical (unpaired) electrons. The van der Waals surface area contributed by atoms with Crippen molar-refractivity contribution in [3.8, 4) is 11.1 Å². The van der Waals surface area contributed by atoms with E-state index in [4.69, 9.17) is 0 Å². The van der Waals surface area contributed by atoms with Crippen molar-refractivity contribution in [2.45, 2.75) is 82.5 Å². The number of hydrogen-bond acceptors (Lipinski definition) is 4. The summed E-state index contributed by atoms with van der Waals surface area (Å²) in [5, 5.41) is 12.5. The molecule has 2 N–H and O–H groups in total. The minimum atomic E-state index is -0.998. The standard InChI is InChI=1S/C35H42N2O3S/c1-25-10-6-7-13-29(25)31-22-27(14-17-30(31)33(38)36-32(34(39)40)18-21-41-2)24-37(28-15-16-28)35(19-8-9-20-35)23-26-11-4-3-5-12-26/h3-7,10-14,17,22,28,32H,8-9,15-16,18-21,23-24H2,1-2H3,(H,36,38)(H,39,40). The monoisotopic (exact) mass is 570 g/mol. The van der Waals surface area contributed by atoms with Crippen LogP contribution in [0.4, 0.5) is 0 Å². The fourth-order valence-electron chi connectivity index (χ4n) is 6.56. The Kier molecular flexibility index (Phi) is 9.51. The second kappa shape index (κ2) is 13.3. The second-order valence-corrected chi connectivity index (χ2v) is 12.8. The summed E-state index contributed by atoms with van der Waals surface area (Å²) in [6.07, 6.45) is 10.9. The highest BCUT2D eigenvalue weighted by Gasteiger charge is 2.45. The Morgan fingerprint density at radius 2 is 1.68 bits per heavy atom. The molecule has 0 bridgehead atoms. The van der Waals surface area contributed by atoms with E-state index in [9.17, 15) is 14.7 Å². The first-order valence-electron chi connectivity index (χ1n) is 14.9. The largest absolute Gasteiger partial charge is 0.480 e. The van der Waals surface area contributed by atoms with Gasteiger partial charge in [0.05, 0.1) is 0 Å². The first-order chi connectivity index (χ1) is 19.9. The highest BCUT2D eigenvalue weighted by atomic mass is 32.2. The van der Waals surface area contributed by atoms with Crippen LogP contribution in [-0.2, 0) is 17.8 Å². The van der Waals surface area contributed by atoms with E-state index in [1.807, 2.05) is 24.5 Å². The summed E-state index contributed by atoms with van der Waals surface area (Å²) < 4.78 is 0. The van der Waals surface area contributed by atoms with Gasteiger partial charge in [0.25, 0.3) is 5.91 Å². The van der Waals surface area contributed by atoms with Crippen molar-refractivity contribution in [2.24, 2.45) is 0 Å². The van der Waals surface area contributed by atoms with Gasteiger partial charge < -0.3 is 10.4 Å². The van der Waals surface area contributed by atoms with Crippen molar-refractivity contribution in [1.29, 1.82) is 0 Å². The minimum absolute atomic E-state index is 0.160. The molecule has 41 heavy (non-hydrogen) atoms. The quantitative estimate of drug-likeness (QED) is 0.229. The molecule has 0 aliphatic heterocycles. The maximum Gasteiger partial charge on any atom is 0.326 e. The van der Waals surface area contributed by atoms with Crippen LogP contribution in [-0.4, -0.2) is 51.5 Å². The number of hydrogen-bond donors (Lipinski definition) is 2. The van der Waals surface area contributed by atoms with Crippen LogP contribution >= 0.6 is 11.8 Å². The van der Waals surface area contributed by atoms with Crippen molar-refractivity contribution < 1.29 is 14.7 Å². The molecule has 0 heterocycles. The fourth-order valence-corrected chi connectivity index (χ4v) is 7.03. The molecule has 3 aromatic rings. The predicted molar refractivity (Wildman–Crippen MR) is 168 cm³/mol. The molecule has 6 heteroatoms. The van der Waals surface area contributed by atoms with Gasteiger partial charge in [-0.05, 0) is 97.4 Å². The summed E-state index contributed by atoms with van der Waals surface area (Å²) in [7, 11) is 0. The van der Waals surface area contributed by atoms with Gasteiger partial charge in [0, 0.05) is 23.7 Å². The van der Waals surface area contributed by atoms with Gasteiger partial charge in [0.2, 0.25) is 0 Å². The number of rotatable bonds is 13. The predicted octanol–water partition coefficient (Wildman–Crippen LogP) is 7.12. The zero-order chi connectivity index (χ0) is 28.8. The summed E-state index contributed by atoms with van der Waals surface area (Å²) >= 11 is 1.58. The Morgan fingerprint density at radius 3 is 2.34 bits per heavy atom. The third kappa shape index (κ3) is 7.04. The zero-order valence-electron chi connectivity index (χ0n) is 24.3. The van der Waals surface area contributed by atoms with Crippen LogP contribution in [0.3, 0.4) is 0 Å². The molecule has 216 valence electrons. The number of amides is 1. The third-order valence-electron chi connectivity index (χ3n) is 8.84. The Hall–Kier alpha value is -3.09. The van der Waals surface area contributed by atoms with Gasteiger partial charge in [-0.3, -0.25) is 9.69 Å². The van der Waals surface area contributed by atoms with E-state index in [0.29, 0.717) is 23.8 Å². The van der Waals surface area contributed by atoms with Crippen molar-refractivity contribution >= 4 is 23.6 Å². The normalized spacial score (nSPS) is 17.0. The van der Waals surface area contributed by atoms with E-state index >= 15 is 0 Å². The van der Waals surface area contributed by atoms with Crippen LogP contribution in [0, 0.1) is 6.92 Å². The van der Waals surface area contributed by atoms with Gasteiger partial charge in [-0.15, -0.1) is 0 Å². The van der Waals surface area contributed by atoms with Crippen molar-refractivity contribution in [3.05, 3.63) is 95.1 Å². The van der Waals surface area contributed by atoms with E-state index in [1.165, 1.54) is 49.7 Å². The van der Waals surface area contributed by atoms with Gasteiger partial charge >= 0.3 is 5.97 Å². The Bertz CT molecular complexity index is 1350. The molecule has 2 saturated carbocycles. The summed E-state index contributed by atoms with van der Waals surface area (Å²) in [6.45, 7) is 2.91. The Morgan fingerprint density at radius 1 is 0.976 bits per heavy atom. The molecule has 3 aromatic carbocycles. The zero-order valence-corrected chi connectivity index (χ0v) is 25.1. The van der Waals surface area contributed by atoms with Crippen LogP contribution in [0.2, 0.25) is 0 Å². The van der Waals surface area contributed by atoms with E-state index in [1.54, 1.807) is 11.8 Å². The molecule has 0 aromatic heterocycles. The fraction of sp³-hybridized carbons (Fsp3) is 0.429. The van der Waals surface area contributed by atoms with E-state index in [-0.39, 0.29) is 11.4 Å². The van der Waals surface area contributed by atoms with Crippen molar-refractivity contribution in [3.63, 3.8) is 0 Å². The lowest BCUT2D eigenvalue weighted by Crippen LogP contribution is -2.49. The molecule has 0 spiro atoms. The van der Waals surface area contributed by atoms with Crippen LogP contribution in [0.25, 0.3) is 11.1 Å². The number of carboxylic acids is 1. The van der Waals surface area contributed by atoms with Crippen LogP contribution in [0.1, 0.15) is 72.0 Å². The number of nitrogens with zero attached hydrogens (tertiary/aromatic N) is 1. The van der Waals surface area contributed by atoms with Crippen molar-refractivity contribution in [2.75, 3.05) is 12.0 Å². The summed E-state index contributed by atoms with van der Waals surface area (Å²) in [6, 6.07) is 24.9. The molecule has 2 aliphatic rings.